The van der Waals surface area contributed by atoms with E-state index in [0.29, 0.717) is 5.69 Å². The molecule has 112 valence electrons. The molecule has 0 saturated carbocycles. The number of hydroxylamine groups is 1. The van der Waals surface area contributed by atoms with Crippen molar-refractivity contribution in [3.05, 3.63) is 40.4 Å². The fourth-order valence-electron chi connectivity index (χ4n) is 1.60. The second kappa shape index (κ2) is 7.09. The lowest BCUT2D eigenvalue weighted by Crippen LogP contribution is -2.22. The zero-order valence-electron chi connectivity index (χ0n) is 10.7. The summed E-state index contributed by atoms with van der Waals surface area (Å²) in [5.74, 6) is -0.645. The topological polar surface area (TPSA) is 83.5 Å². The second-order valence-corrected chi connectivity index (χ2v) is 4.43. The molecule has 1 aromatic heterocycles. The van der Waals surface area contributed by atoms with E-state index in [2.05, 4.69) is 19.9 Å². The van der Waals surface area contributed by atoms with Gasteiger partial charge < -0.3 is 0 Å². The molecule has 2 aromatic rings. The van der Waals surface area contributed by atoms with Crippen molar-refractivity contribution in [3.8, 4) is 0 Å². The van der Waals surface area contributed by atoms with Crippen LogP contribution in [0.3, 0.4) is 0 Å². The van der Waals surface area contributed by atoms with E-state index in [1.807, 2.05) is 5.48 Å². The number of aliphatic imine (C=N–C) groups is 1. The number of rotatable bonds is 5. The molecule has 0 bridgehead atoms. The largest absolute Gasteiger partial charge is 0.290 e. The van der Waals surface area contributed by atoms with Crippen LogP contribution in [-0.4, -0.2) is 28.0 Å². The van der Waals surface area contributed by atoms with E-state index in [-0.39, 0.29) is 35.1 Å². The van der Waals surface area contributed by atoms with Gasteiger partial charge in [-0.15, -0.1) is 0 Å². The Morgan fingerprint density at radius 3 is 2.90 bits per heavy atom. The van der Waals surface area contributed by atoms with Crippen molar-refractivity contribution in [1.29, 1.82) is 0 Å². The van der Waals surface area contributed by atoms with Crippen molar-refractivity contribution in [2.45, 2.75) is 12.8 Å². The van der Waals surface area contributed by atoms with Crippen molar-refractivity contribution < 1.29 is 18.6 Å². The molecule has 21 heavy (non-hydrogen) atoms. The van der Waals surface area contributed by atoms with Gasteiger partial charge in [-0.25, -0.2) is 14.0 Å². The first-order valence-corrected chi connectivity index (χ1v) is 6.35. The number of aromatic nitrogens is 2. The van der Waals surface area contributed by atoms with Crippen LogP contribution in [0.5, 0.6) is 0 Å². The molecule has 0 saturated heterocycles. The quantitative estimate of drug-likeness (QED) is 0.503. The fraction of sp³-hybridized carbons (Fsp3) is 0.250. The van der Waals surface area contributed by atoms with Crippen LogP contribution < -0.4 is 5.48 Å². The van der Waals surface area contributed by atoms with Crippen molar-refractivity contribution in [3.63, 3.8) is 0 Å². The SMILES string of the molecule is ONC(=Nc1ccc(F)c(Cl)c1)c1nonc1CCCF. The number of hydrogen-bond acceptors (Lipinski definition) is 5. The van der Waals surface area contributed by atoms with Crippen LogP contribution in [0.1, 0.15) is 17.8 Å². The van der Waals surface area contributed by atoms with Crippen LogP contribution in [0.2, 0.25) is 5.02 Å². The van der Waals surface area contributed by atoms with Crippen LogP contribution in [0, 0.1) is 5.82 Å². The van der Waals surface area contributed by atoms with Gasteiger partial charge in [0.05, 0.1) is 17.4 Å². The molecule has 0 aliphatic carbocycles. The summed E-state index contributed by atoms with van der Waals surface area (Å²) in [6.07, 6.45) is 0.516. The van der Waals surface area contributed by atoms with E-state index in [1.54, 1.807) is 0 Å². The van der Waals surface area contributed by atoms with Gasteiger partial charge in [0.15, 0.2) is 11.5 Å². The standard InChI is InChI=1S/C12H11ClF2N4O2/c13-8-6-7(3-4-9(8)15)16-12(17-20)11-10(2-1-5-14)18-21-19-11/h3-4,6,20H,1-2,5H2,(H,16,17). The van der Waals surface area contributed by atoms with Gasteiger partial charge in [-0.2, -0.15) is 0 Å². The van der Waals surface area contributed by atoms with E-state index in [9.17, 15) is 8.78 Å². The fourth-order valence-corrected chi connectivity index (χ4v) is 1.77. The number of aryl methyl sites for hydroxylation is 1. The Morgan fingerprint density at radius 2 is 2.24 bits per heavy atom. The van der Waals surface area contributed by atoms with Gasteiger partial charge >= 0.3 is 0 Å². The normalized spacial score (nSPS) is 11.7. The predicted octanol–water partition coefficient (Wildman–Crippen LogP) is 2.82. The van der Waals surface area contributed by atoms with Crippen LogP contribution in [0.15, 0.2) is 27.8 Å². The molecular weight excluding hydrogens is 306 g/mol. The van der Waals surface area contributed by atoms with Gasteiger partial charge in [0.1, 0.15) is 11.5 Å². The summed E-state index contributed by atoms with van der Waals surface area (Å²) in [6, 6.07) is 3.79. The molecule has 9 heteroatoms. The number of hydrogen-bond donors (Lipinski definition) is 2. The third-order valence-electron chi connectivity index (χ3n) is 2.58. The summed E-state index contributed by atoms with van der Waals surface area (Å²) >= 11 is 5.65. The molecule has 1 heterocycles. The Bertz CT molecular complexity index is 648. The highest BCUT2D eigenvalue weighted by molar-refractivity contribution is 6.31. The first-order chi connectivity index (χ1) is 10.2. The van der Waals surface area contributed by atoms with E-state index in [0.717, 1.165) is 6.07 Å². The van der Waals surface area contributed by atoms with Crippen molar-refractivity contribution in [1.82, 2.24) is 15.8 Å². The van der Waals surface area contributed by atoms with Crippen LogP contribution in [0.25, 0.3) is 0 Å². The minimum absolute atomic E-state index is 0.0622. The Morgan fingerprint density at radius 1 is 1.43 bits per heavy atom. The summed E-state index contributed by atoms with van der Waals surface area (Å²) in [5.41, 5.74) is 2.64. The highest BCUT2D eigenvalue weighted by atomic mass is 35.5. The summed E-state index contributed by atoms with van der Waals surface area (Å²) in [7, 11) is 0. The molecule has 2 N–H and O–H groups in total. The van der Waals surface area contributed by atoms with Crippen molar-refractivity contribution >= 4 is 23.1 Å². The first kappa shape index (κ1) is 15.3. The highest BCUT2D eigenvalue weighted by Crippen LogP contribution is 2.22. The first-order valence-electron chi connectivity index (χ1n) is 5.97. The summed E-state index contributed by atoms with van der Waals surface area (Å²) in [5, 5.41) is 16.3. The second-order valence-electron chi connectivity index (χ2n) is 4.02. The summed E-state index contributed by atoms with van der Waals surface area (Å²) in [4.78, 5) is 4.04. The van der Waals surface area contributed by atoms with Gasteiger partial charge in [-0.1, -0.05) is 16.8 Å². The molecule has 0 radical (unpaired) electrons. The Balaban J connectivity index is 2.32. The zero-order chi connectivity index (χ0) is 15.2. The summed E-state index contributed by atoms with van der Waals surface area (Å²) < 4.78 is 29.8. The molecular formula is C12H11ClF2N4O2. The Hall–Kier alpha value is -2.06. The molecule has 2 rings (SSSR count). The zero-order valence-corrected chi connectivity index (χ0v) is 11.4. The van der Waals surface area contributed by atoms with Gasteiger partial charge in [-0.05, 0) is 36.2 Å². The minimum Gasteiger partial charge on any atom is -0.290 e. The lowest BCUT2D eigenvalue weighted by atomic mass is 10.2. The number of alkyl halides is 1. The van der Waals surface area contributed by atoms with E-state index < -0.39 is 12.5 Å². The molecule has 1 aromatic carbocycles. The van der Waals surface area contributed by atoms with Gasteiger partial charge in [0.25, 0.3) is 0 Å². The molecule has 0 fully saturated rings. The van der Waals surface area contributed by atoms with Gasteiger partial charge in [0, 0.05) is 0 Å². The lowest BCUT2D eigenvalue weighted by molar-refractivity contribution is 0.234. The molecule has 0 spiro atoms. The maximum atomic E-state index is 13.1. The van der Waals surface area contributed by atoms with Crippen LogP contribution in [-0.2, 0) is 6.42 Å². The molecule has 0 unspecified atom stereocenters. The molecule has 0 atom stereocenters. The number of benzene rings is 1. The maximum absolute atomic E-state index is 13.1. The third kappa shape index (κ3) is 3.73. The molecule has 0 aliphatic heterocycles. The van der Waals surface area contributed by atoms with E-state index in [1.165, 1.54) is 12.1 Å². The van der Waals surface area contributed by atoms with Gasteiger partial charge in [-0.3, -0.25) is 15.1 Å². The monoisotopic (exact) mass is 316 g/mol. The number of nitrogens with zero attached hydrogens (tertiary/aromatic N) is 3. The Kier molecular flexibility index (Phi) is 5.18. The van der Waals surface area contributed by atoms with E-state index in [4.69, 9.17) is 16.8 Å². The highest BCUT2D eigenvalue weighted by Gasteiger charge is 2.16. The van der Waals surface area contributed by atoms with Crippen molar-refractivity contribution in [2.75, 3.05) is 6.67 Å². The van der Waals surface area contributed by atoms with E-state index >= 15 is 0 Å². The number of nitrogens with one attached hydrogen (secondary N) is 1. The molecule has 0 aliphatic rings. The van der Waals surface area contributed by atoms with Gasteiger partial charge in [0.2, 0.25) is 0 Å². The molecule has 6 nitrogen and oxygen atoms in total. The minimum atomic E-state index is -0.583. The van der Waals surface area contributed by atoms with Crippen molar-refractivity contribution in [2.24, 2.45) is 4.99 Å². The average Bonchev–Trinajstić information content (AvgIpc) is 2.94. The number of amidine groups is 1. The van der Waals surface area contributed by atoms with Crippen LogP contribution >= 0.6 is 11.6 Å². The maximum Gasteiger partial charge on any atom is 0.181 e. The van der Waals surface area contributed by atoms with Crippen LogP contribution in [0.4, 0.5) is 14.5 Å². The Labute approximate surface area is 123 Å². The third-order valence-corrected chi connectivity index (χ3v) is 2.87. The number of halogens is 3. The summed E-state index contributed by atoms with van der Waals surface area (Å²) in [6.45, 7) is -0.515. The lowest BCUT2D eigenvalue weighted by Gasteiger charge is -2.03. The molecule has 0 amide bonds. The smallest absolute Gasteiger partial charge is 0.181 e. The predicted molar refractivity (Wildman–Crippen MR) is 71.1 cm³/mol. The average molecular weight is 317 g/mol.